The molecule has 1 N–H and O–H groups in total. The van der Waals surface area contributed by atoms with Gasteiger partial charge in [0.1, 0.15) is 0 Å². The normalized spacial score (nSPS) is 12.0. The fraction of sp³-hybridized carbons (Fsp3) is 0.526. The van der Waals surface area contributed by atoms with Crippen LogP contribution < -0.4 is 0 Å². The van der Waals surface area contributed by atoms with E-state index in [9.17, 15) is 14.3 Å². The van der Waals surface area contributed by atoms with Crippen molar-refractivity contribution in [2.24, 2.45) is 10.8 Å². The third kappa shape index (κ3) is 5.17. The third-order valence-electron chi connectivity index (χ3n) is 3.77. The SMILES string of the molecule is C=C(F)C(=O)OC.CC(C)(C)C(O)(c1ccccc1)C(C)(C)C. The van der Waals surface area contributed by atoms with Crippen LogP contribution in [0.1, 0.15) is 47.1 Å². The highest BCUT2D eigenvalue weighted by Gasteiger charge is 2.50. The van der Waals surface area contributed by atoms with Gasteiger partial charge in [0.2, 0.25) is 5.83 Å². The number of hydrogen-bond acceptors (Lipinski definition) is 3. The van der Waals surface area contributed by atoms with Crippen LogP contribution in [-0.2, 0) is 15.1 Å². The molecule has 0 radical (unpaired) electrons. The van der Waals surface area contributed by atoms with Gasteiger partial charge in [-0.15, -0.1) is 0 Å². The Labute approximate surface area is 139 Å². The molecule has 0 aromatic heterocycles. The predicted octanol–water partition coefficient (Wildman–Crippen LogP) is 4.61. The van der Waals surface area contributed by atoms with E-state index in [1.807, 2.05) is 30.3 Å². The molecule has 3 nitrogen and oxygen atoms in total. The molecule has 0 amide bonds. The minimum absolute atomic E-state index is 0.202. The average molecular weight is 324 g/mol. The number of esters is 1. The molecule has 0 atom stereocenters. The van der Waals surface area contributed by atoms with Gasteiger partial charge >= 0.3 is 5.97 Å². The first kappa shape index (κ1) is 21.3. The highest BCUT2D eigenvalue weighted by Crippen LogP contribution is 2.50. The summed E-state index contributed by atoms with van der Waals surface area (Å²) in [6.45, 7) is 15.2. The highest BCUT2D eigenvalue weighted by atomic mass is 19.1. The molecule has 0 bridgehead atoms. The second kappa shape index (κ2) is 7.73. The van der Waals surface area contributed by atoms with Crippen LogP contribution in [0.2, 0.25) is 0 Å². The smallest absolute Gasteiger partial charge is 0.366 e. The Morgan fingerprint density at radius 3 is 1.65 bits per heavy atom. The number of halogens is 1. The van der Waals surface area contributed by atoms with Crippen LogP contribution in [0.25, 0.3) is 0 Å². The van der Waals surface area contributed by atoms with Crippen molar-refractivity contribution >= 4 is 5.97 Å². The maximum Gasteiger partial charge on any atom is 0.366 e. The number of ether oxygens (including phenoxy) is 1. The minimum Gasteiger partial charge on any atom is -0.464 e. The van der Waals surface area contributed by atoms with Crippen molar-refractivity contribution in [2.45, 2.75) is 47.1 Å². The van der Waals surface area contributed by atoms with Crippen molar-refractivity contribution in [3.8, 4) is 0 Å². The molecule has 4 heteroatoms. The van der Waals surface area contributed by atoms with Crippen LogP contribution in [0.4, 0.5) is 4.39 Å². The summed E-state index contributed by atoms with van der Waals surface area (Å²) < 4.78 is 15.3. The van der Waals surface area contributed by atoms with E-state index in [1.54, 1.807) is 0 Å². The molecule has 0 spiro atoms. The van der Waals surface area contributed by atoms with Crippen molar-refractivity contribution in [2.75, 3.05) is 7.11 Å². The lowest BCUT2D eigenvalue weighted by Gasteiger charge is -2.50. The summed E-state index contributed by atoms with van der Waals surface area (Å²) in [6.07, 6.45) is 0. The first-order chi connectivity index (χ1) is 10.3. The van der Waals surface area contributed by atoms with Crippen LogP contribution in [0.3, 0.4) is 0 Å². The molecule has 0 heterocycles. The Hall–Kier alpha value is -1.68. The molecule has 0 aliphatic carbocycles. The van der Waals surface area contributed by atoms with Gasteiger partial charge in [-0.1, -0.05) is 78.5 Å². The lowest BCUT2D eigenvalue weighted by Crippen LogP contribution is -2.50. The number of carbonyl (C=O) groups is 1. The maximum absolute atomic E-state index is 11.4. The lowest BCUT2D eigenvalue weighted by atomic mass is 9.59. The van der Waals surface area contributed by atoms with Crippen LogP contribution >= 0.6 is 0 Å². The molecular weight excluding hydrogens is 295 g/mol. The molecule has 0 fully saturated rings. The summed E-state index contributed by atoms with van der Waals surface area (Å²) in [5.41, 5.74) is -0.240. The number of carbonyl (C=O) groups excluding carboxylic acids is 1. The van der Waals surface area contributed by atoms with Gasteiger partial charge in [0.05, 0.1) is 12.7 Å². The Morgan fingerprint density at radius 1 is 1.04 bits per heavy atom. The van der Waals surface area contributed by atoms with E-state index in [0.29, 0.717) is 0 Å². The zero-order valence-electron chi connectivity index (χ0n) is 15.2. The first-order valence-electron chi connectivity index (χ1n) is 7.49. The van der Waals surface area contributed by atoms with Gasteiger partial charge < -0.3 is 9.84 Å². The first-order valence-corrected chi connectivity index (χ1v) is 7.49. The molecule has 0 aliphatic rings. The van der Waals surface area contributed by atoms with Crippen LogP contribution in [0.15, 0.2) is 42.7 Å². The molecular formula is C19H29FO3. The van der Waals surface area contributed by atoms with E-state index in [4.69, 9.17) is 0 Å². The molecule has 0 unspecified atom stereocenters. The van der Waals surface area contributed by atoms with Crippen molar-refractivity contribution in [1.82, 2.24) is 0 Å². The summed E-state index contributed by atoms with van der Waals surface area (Å²) >= 11 is 0. The number of aliphatic hydroxyl groups is 1. The summed E-state index contributed by atoms with van der Waals surface area (Å²) in [6, 6.07) is 9.97. The Kier molecular flexibility index (Phi) is 7.17. The standard InChI is InChI=1S/C15H24O.C4H5FO2/c1-13(2,3)15(16,14(4,5)6)12-10-8-7-9-11-12;1-3(5)4(6)7-2/h7-11,16H,1-6H3;1H2,2H3. The van der Waals surface area contributed by atoms with Gasteiger partial charge in [-0.25, -0.2) is 4.79 Å². The summed E-state index contributed by atoms with van der Waals surface area (Å²) in [5.74, 6) is -2.08. The van der Waals surface area contributed by atoms with E-state index in [-0.39, 0.29) is 10.8 Å². The minimum atomic E-state index is -1.07. The van der Waals surface area contributed by atoms with E-state index >= 15 is 0 Å². The van der Waals surface area contributed by atoms with E-state index in [1.165, 1.54) is 0 Å². The number of methoxy groups -OCH3 is 1. The molecule has 0 aliphatic heterocycles. The van der Waals surface area contributed by atoms with E-state index in [2.05, 4.69) is 52.9 Å². The molecule has 1 rings (SSSR count). The van der Waals surface area contributed by atoms with Gasteiger partial charge in [0, 0.05) is 0 Å². The second-order valence-electron chi connectivity index (χ2n) is 7.47. The molecule has 130 valence electrons. The quantitative estimate of drug-likeness (QED) is 0.638. The van der Waals surface area contributed by atoms with Crippen molar-refractivity contribution in [3.05, 3.63) is 48.3 Å². The Balaban J connectivity index is 0.000000585. The van der Waals surface area contributed by atoms with E-state index < -0.39 is 17.4 Å². The number of hydrogen-bond donors (Lipinski definition) is 1. The highest BCUT2D eigenvalue weighted by molar-refractivity contribution is 5.84. The van der Waals surface area contributed by atoms with Gasteiger partial charge in [-0.3, -0.25) is 0 Å². The van der Waals surface area contributed by atoms with Gasteiger partial charge in [0.15, 0.2) is 0 Å². The Morgan fingerprint density at radius 2 is 1.43 bits per heavy atom. The molecule has 1 aromatic rings. The van der Waals surface area contributed by atoms with Crippen LogP contribution in [0, 0.1) is 10.8 Å². The summed E-state index contributed by atoms with van der Waals surface area (Å²) in [7, 11) is 1.09. The number of benzene rings is 1. The predicted molar refractivity (Wildman–Crippen MR) is 91.5 cm³/mol. The van der Waals surface area contributed by atoms with Crippen molar-refractivity contribution in [3.63, 3.8) is 0 Å². The second-order valence-corrected chi connectivity index (χ2v) is 7.47. The third-order valence-corrected chi connectivity index (χ3v) is 3.77. The topological polar surface area (TPSA) is 46.5 Å². The summed E-state index contributed by atoms with van der Waals surface area (Å²) in [4.78, 5) is 9.81. The fourth-order valence-corrected chi connectivity index (χ4v) is 2.78. The summed E-state index contributed by atoms with van der Waals surface area (Å²) in [5, 5.41) is 11.2. The van der Waals surface area contributed by atoms with Gasteiger partial charge in [-0.2, -0.15) is 4.39 Å². The molecule has 23 heavy (non-hydrogen) atoms. The van der Waals surface area contributed by atoms with Crippen molar-refractivity contribution < 1.29 is 19.0 Å². The fourth-order valence-electron chi connectivity index (χ4n) is 2.78. The number of rotatable bonds is 2. The molecule has 0 saturated carbocycles. The van der Waals surface area contributed by atoms with E-state index in [0.717, 1.165) is 12.7 Å². The maximum atomic E-state index is 11.4. The van der Waals surface area contributed by atoms with Crippen LogP contribution in [0.5, 0.6) is 0 Å². The largest absolute Gasteiger partial charge is 0.464 e. The monoisotopic (exact) mass is 324 g/mol. The van der Waals surface area contributed by atoms with Crippen LogP contribution in [-0.4, -0.2) is 18.2 Å². The lowest BCUT2D eigenvalue weighted by molar-refractivity contribution is -0.145. The Bertz CT molecular complexity index is 508. The molecule has 0 saturated heterocycles. The van der Waals surface area contributed by atoms with Gasteiger partial charge in [0.25, 0.3) is 0 Å². The van der Waals surface area contributed by atoms with Gasteiger partial charge in [-0.05, 0) is 16.4 Å². The average Bonchev–Trinajstić information content (AvgIpc) is 2.44. The molecule has 1 aromatic carbocycles. The van der Waals surface area contributed by atoms with Crippen molar-refractivity contribution in [1.29, 1.82) is 0 Å². The zero-order valence-corrected chi connectivity index (χ0v) is 15.2. The zero-order chi connectivity index (χ0) is 18.5.